The third kappa shape index (κ3) is 2.47. The number of cyclic esters (lactones) is 1. The number of aryl methyl sites for hydroxylation is 2. The lowest BCUT2D eigenvalue weighted by Crippen LogP contribution is -2.44. The molecule has 0 saturated carbocycles. The van der Waals surface area contributed by atoms with Gasteiger partial charge in [0.1, 0.15) is 6.61 Å². The van der Waals surface area contributed by atoms with Gasteiger partial charge in [-0.25, -0.2) is 9.78 Å². The summed E-state index contributed by atoms with van der Waals surface area (Å²) in [5.74, 6) is -0.714. The molecule has 0 saturated heterocycles. The van der Waals surface area contributed by atoms with Crippen molar-refractivity contribution in [1.29, 1.82) is 0 Å². The van der Waals surface area contributed by atoms with Gasteiger partial charge >= 0.3 is 5.97 Å². The fraction of sp³-hybridized carbons (Fsp3) is 0.375. The van der Waals surface area contributed by atoms with E-state index in [0.717, 1.165) is 34.9 Å². The Hall–Kier alpha value is -2.74. The van der Waals surface area contributed by atoms with Crippen LogP contribution in [0, 0.1) is 6.92 Å². The number of aromatic nitrogens is 2. The Morgan fingerprint density at radius 3 is 2.81 bits per heavy atom. The van der Waals surface area contributed by atoms with E-state index in [2.05, 4.69) is 13.0 Å². The molecule has 0 amide bonds. The Bertz CT molecular complexity index is 1400. The highest BCUT2D eigenvalue weighted by Gasteiger charge is 2.45. The Morgan fingerprint density at radius 2 is 2.06 bits per heavy atom. The van der Waals surface area contributed by atoms with Crippen LogP contribution in [0.1, 0.15) is 59.2 Å². The second kappa shape index (κ2) is 6.88. The molecule has 1 aliphatic carbocycles. The Labute approximate surface area is 190 Å². The van der Waals surface area contributed by atoms with Crippen LogP contribution >= 0.6 is 12.4 Å². The number of ether oxygens (including phenoxy) is 1. The van der Waals surface area contributed by atoms with E-state index in [-0.39, 0.29) is 37.0 Å². The molecule has 2 atom stereocenters. The summed E-state index contributed by atoms with van der Waals surface area (Å²) in [4.78, 5) is 30.7. The Balaban J connectivity index is 0.00000216. The van der Waals surface area contributed by atoms with Crippen LogP contribution in [0.25, 0.3) is 22.3 Å². The van der Waals surface area contributed by atoms with E-state index in [0.29, 0.717) is 29.1 Å². The maximum atomic E-state index is 13.4. The summed E-state index contributed by atoms with van der Waals surface area (Å²) in [7, 11) is 0. The fourth-order valence-electron chi connectivity index (χ4n) is 5.56. The van der Waals surface area contributed by atoms with Crippen molar-refractivity contribution < 1.29 is 14.6 Å². The zero-order chi connectivity index (χ0) is 21.7. The van der Waals surface area contributed by atoms with Gasteiger partial charge in [-0.15, -0.1) is 12.4 Å². The molecule has 6 rings (SSSR count). The number of pyridine rings is 2. The van der Waals surface area contributed by atoms with E-state index < -0.39 is 11.6 Å². The quantitative estimate of drug-likeness (QED) is 0.429. The van der Waals surface area contributed by atoms with Gasteiger partial charge < -0.3 is 20.1 Å². The maximum Gasteiger partial charge on any atom is 0.343 e. The summed E-state index contributed by atoms with van der Waals surface area (Å²) in [6.07, 6.45) is 1.89. The van der Waals surface area contributed by atoms with Crippen molar-refractivity contribution in [3.8, 4) is 11.4 Å². The van der Waals surface area contributed by atoms with Gasteiger partial charge in [0.2, 0.25) is 0 Å². The lowest BCUT2D eigenvalue weighted by Gasteiger charge is -2.31. The first kappa shape index (κ1) is 21.1. The average Bonchev–Trinajstić information content (AvgIpc) is 3.13. The first-order chi connectivity index (χ1) is 14.8. The van der Waals surface area contributed by atoms with Crippen LogP contribution in [0.15, 0.2) is 23.0 Å². The van der Waals surface area contributed by atoms with Crippen LogP contribution in [0.4, 0.5) is 0 Å². The zero-order valence-electron chi connectivity index (χ0n) is 17.9. The van der Waals surface area contributed by atoms with Crippen LogP contribution in [-0.2, 0) is 34.7 Å². The van der Waals surface area contributed by atoms with Gasteiger partial charge in [-0.3, -0.25) is 4.79 Å². The molecule has 7 nitrogen and oxygen atoms in total. The number of hydrogen-bond acceptors (Lipinski definition) is 6. The zero-order valence-corrected chi connectivity index (χ0v) is 18.7. The number of carbonyl (C=O) groups excluding carboxylic acids is 1. The molecule has 0 fully saturated rings. The monoisotopic (exact) mass is 453 g/mol. The molecule has 1 unspecified atom stereocenters. The highest BCUT2D eigenvalue weighted by Crippen LogP contribution is 2.44. The highest BCUT2D eigenvalue weighted by atomic mass is 35.5. The predicted molar refractivity (Wildman–Crippen MR) is 122 cm³/mol. The van der Waals surface area contributed by atoms with Crippen molar-refractivity contribution in [2.45, 2.75) is 57.9 Å². The number of halogens is 1. The van der Waals surface area contributed by atoms with Crippen LogP contribution < -0.4 is 11.3 Å². The molecule has 2 aliphatic heterocycles. The fourth-order valence-corrected chi connectivity index (χ4v) is 5.56. The summed E-state index contributed by atoms with van der Waals surface area (Å²) in [6, 6.07) is 5.72. The molecule has 1 aromatic carbocycles. The third-order valence-electron chi connectivity index (χ3n) is 7.32. The Kier molecular flexibility index (Phi) is 4.54. The number of fused-ring (bicyclic) bond motifs is 5. The summed E-state index contributed by atoms with van der Waals surface area (Å²) in [6.45, 7) is 4.07. The summed E-state index contributed by atoms with van der Waals surface area (Å²) < 4.78 is 6.83. The molecule has 3 aliphatic rings. The first-order valence-electron chi connectivity index (χ1n) is 10.7. The Morgan fingerprint density at radius 1 is 1.28 bits per heavy atom. The lowest BCUT2D eigenvalue weighted by molar-refractivity contribution is -0.172. The number of nitrogens with two attached hydrogens (primary N) is 1. The molecule has 0 radical (unpaired) electrons. The highest BCUT2D eigenvalue weighted by molar-refractivity contribution is 5.93. The molecule has 0 spiro atoms. The van der Waals surface area contributed by atoms with Gasteiger partial charge in [-0.05, 0) is 55.0 Å². The minimum Gasteiger partial charge on any atom is -0.458 e. The van der Waals surface area contributed by atoms with Crippen LogP contribution in [0.5, 0.6) is 0 Å². The first-order valence-corrected chi connectivity index (χ1v) is 10.7. The van der Waals surface area contributed by atoms with Crippen molar-refractivity contribution in [2.24, 2.45) is 5.73 Å². The number of hydrogen-bond donors (Lipinski definition) is 2. The molecule has 3 aromatic rings. The molecule has 0 bridgehead atoms. The molecular weight excluding hydrogens is 430 g/mol. The molecule has 32 heavy (non-hydrogen) atoms. The summed E-state index contributed by atoms with van der Waals surface area (Å²) >= 11 is 0. The topological polar surface area (TPSA) is 107 Å². The largest absolute Gasteiger partial charge is 0.458 e. The normalized spacial score (nSPS) is 22.6. The molecule has 3 N–H and O–H groups in total. The van der Waals surface area contributed by atoms with E-state index in [9.17, 15) is 14.7 Å². The van der Waals surface area contributed by atoms with Crippen LogP contribution in [-0.4, -0.2) is 20.6 Å². The average molecular weight is 454 g/mol. The van der Waals surface area contributed by atoms with Crippen molar-refractivity contribution in [2.75, 3.05) is 0 Å². The van der Waals surface area contributed by atoms with Crippen molar-refractivity contribution in [3.05, 3.63) is 61.9 Å². The minimum absolute atomic E-state index is 0. The van der Waals surface area contributed by atoms with E-state index in [1.165, 1.54) is 11.1 Å². The number of esters is 1. The number of aliphatic hydroxyl groups is 1. The van der Waals surface area contributed by atoms with Gasteiger partial charge in [0, 0.05) is 22.6 Å². The molecule has 8 heteroatoms. The lowest BCUT2D eigenvalue weighted by atomic mass is 9.82. The second-order valence-electron chi connectivity index (χ2n) is 8.86. The summed E-state index contributed by atoms with van der Waals surface area (Å²) in [5.41, 5.74) is 11.9. The van der Waals surface area contributed by atoms with Gasteiger partial charge in [0.15, 0.2) is 5.60 Å². The van der Waals surface area contributed by atoms with Crippen LogP contribution in [0.3, 0.4) is 0 Å². The van der Waals surface area contributed by atoms with E-state index in [1.54, 1.807) is 17.6 Å². The molecule has 4 heterocycles. The molecule has 166 valence electrons. The van der Waals surface area contributed by atoms with Gasteiger partial charge in [-0.2, -0.15) is 0 Å². The van der Waals surface area contributed by atoms with Crippen molar-refractivity contribution >= 4 is 29.3 Å². The van der Waals surface area contributed by atoms with Crippen LogP contribution in [0.2, 0.25) is 0 Å². The molecular formula is C24H24ClN3O4. The summed E-state index contributed by atoms with van der Waals surface area (Å²) in [5, 5.41) is 12.1. The number of carbonyl (C=O) groups is 1. The van der Waals surface area contributed by atoms with Gasteiger partial charge in [0.25, 0.3) is 5.56 Å². The standard InChI is InChI=1S/C24H23N3O4.ClH/c1-3-24(30)15-8-18-21-13(9-27(18)22(28)14(15)10-31-23(24)29)19-16(25)6-5-12-11(2)4-7-17(26-21)20(12)19;/h4,7-8,16,30H,3,5-6,9-10,25H2,1-2H3;1H/t16?,24-;/m0./s1. The number of rotatable bonds is 1. The van der Waals surface area contributed by atoms with E-state index in [4.69, 9.17) is 15.5 Å². The third-order valence-corrected chi connectivity index (χ3v) is 7.32. The van der Waals surface area contributed by atoms with Crippen molar-refractivity contribution in [3.63, 3.8) is 0 Å². The smallest absolute Gasteiger partial charge is 0.343 e. The van der Waals surface area contributed by atoms with E-state index in [1.807, 2.05) is 6.07 Å². The minimum atomic E-state index is -1.82. The predicted octanol–water partition coefficient (Wildman–Crippen LogP) is 2.76. The SMILES string of the molecule is CC[C@@]1(O)C(=O)OCc2c1cc1n(c2=O)Cc2c-1nc1ccc(C)c3c1c2C(N)CC3.Cl. The second-order valence-corrected chi connectivity index (χ2v) is 8.86. The van der Waals surface area contributed by atoms with Gasteiger partial charge in [-0.1, -0.05) is 13.0 Å². The van der Waals surface area contributed by atoms with E-state index >= 15 is 0 Å². The molecule has 2 aromatic heterocycles. The number of benzene rings is 1. The van der Waals surface area contributed by atoms with Crippen molar-refractivity contribution in [1.82, 2.24) is 9.55 Å². The van der Waals surface area contributed by atoms with Gasteiger partial charge in [0.05, 0.1) is 29.0 Å². The number of nitrogens with zero attached hydrogens (tertiary/aromatic N) is 2. The maximum absolute atomic E-state index is 13.4.